The van der Waals surface area contributed by atoms with E-state index in [0.717, 1.165) is 29.7 Å². The molecule has 0 radical (unpaired) electrons. The van der Waals surface area contributed by atoms with E-state index < -0.39 is 0 Å². The van der Waals surface area contributed by atoms with Gasteiger partial charge in [-0.2, -0.15) is 0 Å². The zero-order chi connectivity index (χ0) is 19.3. The van der Waals surface area contributed by atoms with Gasteiger partial charge < -0.3 is 19.4 Å². The quantitative estimate of drug-likeness (QED) is 0.662. The molecule has 2 aromatic carbocycles. The summed E-state index contributed by atoms with van der Waals surface area (Å²) in [5.41, 5.74) is 3.43. The van der Waals surface area contributed by atoms with Crippen LogP contribution in [0, 0.1) is 0 Å². The molecule has 0 spiro atoms. The van der Waals surface area contributed by atoms with Crippen molar-refractivity contribution in [3.63, 3.8) is 0 Å². The number of ether oxygens (including phenoxy) is 1. The number of fused-ring (bicyclic) bond motifs is 1. The summed E-state index contributed by atoms with van der Waals surface area (Å²) in [6, 6.07) is 15.7. The molecule has 5 nitrogen and oxygen atoms in total. The number of hydrogen-bond donors (Lipinski definition) is 1. The van der Waals surface area contributed by atoms with Gasteiger partial charge in [-0.05, 0) is 43.2 Å². The van der Waals surface area contributed by atoms with Gasteiger partial charge in [-0.15, -0.1) is 0 Å². The molecule has 0 atom stereocenters. The number of para-hydroxylation sites is 1. The van der Waals surface area contributed by atoms with Crippen LogP contribution >= 0.6 is 0 Å². The van der Waals surface area contributed by atoms with Crippen LogP contribution in [-0.2, 0) is 11.3 Å². The van der Waals surface area contributed by atoms with Gasteiger partial charge in [0.2, 0.25) is 0 Å². The molecule has 0 saturated carbocycles. The molecule has 0 bridgehead atoms. The summed E-state index contributed by atoms with van der Waals surface area (Å²) in [6.07, 6.45) is 5.11. The fraction of sp³-hybridized carbons (Fsp3) is 0.348. The van der Waals surface area contributed by atoms with Gasteiger partial charge in [-0.3, -0.25) is 4.79 Å². The van der Waals surface area contributed by atoms with Gasteiger partial charge in [0.05, 0.1) is 6.61 Å². The first kappa shape index (κ1) is 18.6. The molecule has 1 amide bonds. The summed E-state index contributed by atoms with van der Waals surface area (Å²) in [7, 11) is 1.62. The van der Waals surface area contributed by atoms with E-state index in [-0.39, 0.29) is 5.91 Å². The van der Waals surface area contributed by atoms with E-state index in [0.29, 0.717) is 18.0 Å². The van der Waals surface area contributed by atoms with Crippen LogP contribution in [0.2, 0.25) is 0 Å². The fourth-order valence-electron chi connectivity index (χ4n) is 3.84. The minimum Gasteiger partial charge on any atom is -0.451 e. The largest absolute Gasteiger partial charge is 0.451 e. The second-order valence-corrected chi connectivity index (χ2v) is 7.24. The summed E-state index contributed by atoms with van der Waals surface area (Å²) in [5.74, 6) is 0.0467. The molecule has 2 heterocycles. The number of furan rings is 1. The number of carbonyl (C=O) groups excluding carboxylic acids is 1. The first-order chi connectivity index (χ1) is 13.8. The Bertz CT molecular complexity index is 938. The lowest BCUT2D eigenvalue weighted by Crippen LogP contribution is -2.23. The van der Waals surface area contributed by atoms with E-state index in [9.17, 15) is 4.79 Å². The number of hydrogen-bond acceptors (Lipinski definition) is 4. The summed E-state index contributed by atoms with van der Waals surface area (Å²) < 4.78 is 11.1. The average molecular weight is 378 g/mol. The topological polar surface area (TPSA) is 54.7 Å². The van der Waals surface area contributed by atoms with E-state index in [1.807, 2.05) is 36.4 Å². The Kier molecular flexibility index (Phi) is 5.63. The molecule has 1 aliphatic rings. The minimum absolute atomic E-state index is 0.259. The van der Waals surface area contributed by atoms with Crippen molar-refractivity contribution in [2.45, 2.75) is 32.3 Å². The molecule has 1 fully saturated rings. The van der Waals surface area contributed by atoms with E-state index in [2.05, 4.69) is 22.3 Å². The van der Waals surface area contributed by atoms with E-state index in [1.54, 1.807) is 7.11 Å². The monoisotopic (exact) mass is 378 g/mol. The Labute approximate surface area is 165 Å². The maximum atomic E-state index is 12.8. The predicted octanol–water partition coefficient (Wildman–Crippen LogP) is 5.21. The van der Waals surface area contributed by atoms with Crippen molar-refractivity contribution in [1.29, 1.82) is 0 Å². The number of carbonyl (C=O) groups is 1. The summed E-state index contributed by atoms with van der Waals surface area (Å²) in [4.78, 5) is 15.3. The lowest BCUT2D eigenvalue weighted by Gasteiger charge is -2.22. The summed E-state index contributed by atoms with van der Waals surface area (Å²) in [6.45, 7) is 2.53. The number of amides is 1. The highest BCUT2D eigenvalue weighted by Crippen LogP contribution is 2.28. The second-order valence-electron chi connectivity index (χ2n) is 7.24. The molecule has 5 heteroatoms. The Morgan fingerprint density at radius 3 is 2.46 bits per heavy atom. The van der Waals surface area contributed by atoms with Crippen molar-refractivity contribution in [2.75, 3.05) is 30.4 Å². The van der Waals surface area contributed by atoms with Crippen LogP contribution in [0.4, 0.5) is 11.4 Å². The number of methoxy groups -OCH3 is 1. The zero-order valence-electron chi connectivity index (χ0n) is 16.2. The van der Waals surface area contributed by atoms with E-state index in [4.69, 9.17) is 9.15 Å². The molecule has 1 aromatic heterocycles. The van der Waals surface area contributed by atoms with Crippen molar-refractivity contribution in [1.82, 2.24) is 0 Å². The molecule has 0 unspecified atom stereocenters. The molecule has 146 valence electrons. The van der Waals surface area contributed by atoms with Gasteiger partial charge in [0.15, 0.2) is 5.76 Å². The smallest absolute Gasteiger partial charge is 0.291 e. The Hall–Kier alpha value is -2.79. The summed E-state index contributed by atoms with van der Waals surface area (Å²) >= 11 is 0. The molecule has 1 saturated heterocycles. The van der Waals surface area contributed by atoms with E-state index in [1.165, 1.54) is 31.4 Å². The molecule has 1 N–H and O–H groups in total. The highest BCUT2D eigenvalue weighted by Gasteiger charge is 2.20. The maximum absolute atomic E-state index is 12.8. The maximum Gasteiger partial charge on any atom is 0.291 e. The highest BCUT2D eigenvalue weighted by molar-refractivity contribution is 6.06. The lowest BCUT2D eigenvalue weighted by atomic mass is 10.1. The molecular weight excluding hydrogens is 352 g/mol. The molecule has 3 aromatic rings. The fourth-order valence-corrected chi connectivity index (χ4v) is 3.84. The number of benzene rings is 2. The molecule has 28 heavy (non-hydrogen) atoms. The van der Waals surface area contributed by atoms with Crippen molar-refractivity contribution < 1.29 is 13.9 Å². The standard InChI is InChI=1S/C23H26N2O3/c1-27-16-20-19-8-4-5-9-21(19)28-22(20)23(26)24-17-10-12-18(13-11-17)25-14-6-2-3-7-15-25/h4-5,8-13H,2-3,6-7,14-16H2,1H3,(H,24,26). The first-order valence-corrected chi connectivity index (χ1v) is 9.92. The number of anilines is 2. The van der Waals surface area contributed by atoms with E-state index >= 15 is 0 Å². The van der Waals surface area contributed by atoms with Crippen LogP contribution in [0.5, 0.6) is 0 Å². The Morgan fingerprint density at radius 1 is 1.04 bits per heavy atom. The van der Waals surface area contributed by atoms with Crippen LogP contribution in [0.25, 0.3) is 11.0 Å². The Morgan fingerprint density at radius 2 is 1.75 bits per heavy atom. The van der Waals surface area contributed by atoms with Crippen LogP contribution in [0.3, 0.4) is 0 Å². The average Bonchev–Trinajstić information content (AvgIpc) is 2.89. The predicted molar refractivity (Wildman–Crippen MR) is 112 cm³/mol. The third kappa shape index (κ3) is 3.90. The lowest BCUT2D eigenvalue weighted by molar-refractivity contribution is 0.0992. The number of nitrogens with zero attached hydrogens (tertiary/aromatic N) is 1. The third-order valence-corrected chi connectivity index (χ3v) is 5.29. The van der Waals surface area contributed by atoms with Gasteiger partial charge in [-0.25, -0.2) is 0 Å². The van der Waals surface area contributed by atoms with Gasteiger partial charge in [-0.1, -0.05) is 31.0 Å². The zero-order valence-corrected chi connectivity index (χ0v) is 16.2. The molecule has 4 rings (SSSR count). The molecule has 1 aliphatic heterocycles. The van der Waals surface area contributed by atoms with Crippen LogP contribution in [-0.4, -0.2) is 26.1 Å². The SMILES string of the molecule is COCc1c(C(=O)Nc2ccc(N3CCCCCC3)cc2)oc2ccccc12. The van der Waals surface area contributed by atoms with Gasteiger partial charge in [0, 0.05) is 42.5 Å². The summed E-state index contributed by atoms with van der Waals surface area (Å²) in [5, 5.41) is 3.86. The highest BCUT2D eigenvalue weighted by atomic mass is 16.5. The van der Waals surface area contributed by atoms with Gasteiger partial charge in [0.25, 0.3) is 5.91 Å². The van der Waals surface area contributed by atoms with Crippen LogP contribution in [0.15, 0.2) is 52.9 Å². The third-order valence-electron chi connectivity index (χ3n) is 5.29. The first-order valence-electron chi connectivity index (χ1n) is 9.92. The number of rotatable bonds is 5. The second kappa shape index (κ2) is 8.48. The van der Waals surface area contributed by atoms with Gasteiger partial charge in [0.1, 0.15) is 5.58 Å². The number of nitrogens with one attached hydrogen (secondary N) is 1. The van der Waals surface area contributed by atoms with Crippen LogP contribution in [0.1, 0.15) is 41.8 Å². The molecular formula is C23H26N2O3. The van der Waals surface area contributed by atoms with Crippen molar-refractivity contribution >= 4 is 28.3 Å². The van der Waals surface area contributed by atoms with Gasteiger partial charge >= 0.3 is 0 Å². The van der Waals surface area contributed by atoms with Crippen LogP contribution < -0.4 is 10.2 Å². The normalized spacial score (nSPS) is 14.8. The van der Waals surface area contributed by atoms with Crippen molar-refractivity contribution in [3.8, 4) is 0 Å². The minimum atomic E-state index is -0.259. The van der Waals surface area contributed by atoms with Crippen molar-refractivity contribution in [2.24, 2.45) is 0 Å². The Balaban J connectivity index is 1.52. The molecule has 0 aliphatic carbocycles. The van der Waals surface area contributed by atoms with Crippen molar-refractivity contribution in [3.05, 3.63) is 59.9 Å².